The van der Waals surface area contributed by atoms with Crippen molar-refractivity contribution in [3.63, 3.8) is 0 Å². The third kappa shape index (κ3) is 2.88. The number of nitrogens with zero attached hydrogens (tertiary/aromatic N) is 1. The molecule has 1 aliphatic rings. The molecule has 0 saturated carbocycles. The number of amides is 1. The lowest BCUT2D eigenvalue weighted by Gasteiger charge is -2.37. The van der Waals surface area contributed by atoms with E-state index in [1.165, 1.54) is 0 Å². The summed E-state index contributed by atoms with van der Waals surface area (Å²) in [6, 6.07) is 5.70. The van der Waals surface area contributed by atoms with Gasteiger partial charge in [-0.1, -0.05) is 11.6 Å². The fourth-order valence-electron chi connectivity index (χ4n) is 2.30. The highest BCUT2D eigenvalue weighted by Crippen LogP contribution is 2.21. The summed E-state index contributed by atoms with van der Waals surface area (Å²) < 4.78 is 5.55. The SMILES string of the molecule is Cc1ccc(NN)c(C(=O)N2CC(C)OCC2C)c1. The lowest BCUT2D eigenvalue weighted by Crippen LogP contribution is -2.50. The van der Waals surface area contributed by atoms with E-state index >= 15 is 0 Å². The van der Waals surface area contributed by atoms with Crippen molar-refractivity contribution in [1.29, 1.82) is 0 Å². The van der Waals surface area contributed by atoms with Gasteiger partial charge in [-0.2, -0.15) is 0 Å². The van der Waals surface area contributed by atoms with E-state index in [0.717, 1.165) is 5.56 Å². The molecule has 1 saturated heterocycles. The van der Waals surface area contributed by atoms with Gasteiger partial charge in [-0.25, -0.2) is 0 Å². The number of nitrogens with two attached hydrogens (primary N) is 1. The van der Waals surface area contributed by atoms with Gasteiger partial charge in [-0.3, -0.25) is 10.6 Å². The Balaban J connectivity index is 2.30. The minimum atomic E-state index is -0.000648. The second kappa shape index (κ2) is 5.59. The van der Waals surface area contributed by atoms with Crippen LogP contribution in [0.3, 0.4) is 0 Å². The van der Waals surface area contributed by atoms with Crippen LogP contribution in [0.15, 0.2) is 18.2 Å². The molecule has 19 heavy (non-hydrogen) atoms. The number of anilines is 1. The largest absolute Gasteiger partial charge is 0.375 e. The van der Waals surface area contributed by atoms with Crippen LogP contribution < -0.4 is 11.3 Å². The van der Waals surface area contributed by atoms with E-state index < -0.39 is 0 Å². The molecule has 1 aromatic rings. The number of carbonyl (C=O) groups is 1. The van der Waals surface area contributed by atoms with Crippen LogP contribution >= 0.6 is 0 Å². The fourth-order valence-corrected chi connectivity index (χ4v) is 2.30. The number of aryl methyl sites for hydroxylation is 1. The lowest BCUT2D eigenvalue weighted by molar-refractivity contribution is -0.0386. The molecule has 0 aromatic heterocycles. The summed E-state index contributed by atoms with van der Waals surface area (Å²) in [5.74, 6) is 5.48. The number of hydrogen-bond acceptors (Lipinski definition) is 4. The van der Waals surface area contributed by atoms with Crippen LogP contribution in [0.5, 0.6) is 0 Å². The van der Waals surface area contributed by atoms with Gasteiger partial charge in [0.1, 0.15) is 0 Å². The maximum absolute atomic E-state index is 12.7. The number of nitrogen functional groups attached to an aromatic ring is 1. The monoisotopic (exact) mass is 263 g/mol. The van der Waals surface area contributed by atoms with Gasteiger partial charge in [0.15, 0.2) is 0 Å². The molecule has 104 valence electrons. The van der Waals surface area contributed by atoms with E-state index in [-0.39, 0.29) is 18.1 Å². The van der Waals surface area contributed by atoms with Crippen molar-refractivity contribution in [2.24, 2.45) is 5.84 Å². The van der Waals surface area contributed by atoms with Crippen molar-refractivity contribution < 1.29 is 9.53 Å². The summed E-state index contributed by atoms with van der Waals surface area (Å²) in [6.07, 6.45) is 0.0687. The van der Waals surface area contributed by atoms with Crippen molar-refractivity contribution in [3.05, 3.63) is 29.3 Å². The minimum absolute atomic E-state index is 0.000648. The standard InChI is InChI=1S/C14H21N3O2/c1-9-4-5-13(16-15)12(6-9)14(18)17-7-11(3)19-8-10(17)2/h4-6,10-11,16H,7-8,15H2,1-3H3. The zero-order valence-corrected chi connectivity index (χ0v) is 11.6. The molecule has 2 unspecified atom stereocenters. The Bertz CT molecular complexity index is 476. The normalized spacial score (nSPS) is 23.3. The van der Waals surface area contributed by atoms with Gasteiger partial charge in [-0.05, 0) is 32.9 Å². The van der Waals surface area contributed by atoms with Gasteiger partial charge in [0, 0.05) is 6.54 Å². The number of hydrazine groups is 1. The van der Waals surface area contributed by atoms with E-state index in [2.05, 4.69) is 5.43 Å². The highest BCUT2D eigenvalue weighted by atomic mass is 16.5. The number of ether oxygens (including phenoxy) is 1. The maximum atomic E-state index is 12.7. The second-order valence-corrected chi connectivity index (χ2v) is 5.14. The predicted octanol–water partition coefficient (Wildman–Crippen LogP) is 1.53. The molecule has 0 bridgehead atoms. The van der Waals surface area contributed by atoms with E-state index in [0.29, 0.717) is 24.4 Å². The number of hydrogen-bond donors (Lipinski definition) is 2. The average Bonchev–Trinajstić information content (AvgIpc) is 2.40. The Hall–Kier alpha value is -1.59. The molecule has 1 heterocycles. The van der Waals surface area contributed by atoms with Crippen molar-refractivity contribution in [1.82, 2.24) is 4.90 Å². The van der Waals surface area contributed by atoms with Crippen LogP contribution in [0.4, 0.5) is 5.69 Å². The highest BCUT2D eigenvalue weighted by molar-refractivity contribution is 6.00. The van der Waals surface area contributed by atoms with E-state index in [9.17, 15) is 4.79 Å². The van der Waals surface area contributed by atoms with Crippen molar-refractivity contribution in [2.45, 2.75) is 32.9 Å². The first-order chi connectivity index (χ1) is 9.02. The number of rotatable bonds is 2. The zero-order chi connectivity index (χ0) is 14.0. The number of benzene rings is 1. The Morgan fingerprint density at radius 1 is 1.47 bits per heavy atom. The summed E-state index contributed by atoms with van der Waals surface area (Å²) in [4.78, 5) is 14.5. The maximum Gasteiger partial charge on any atom is 0.256 e. The van der Waals surface area contributed by atoms with E-state index in [1.807, 2.05) is 43.9 Å². The Morgan fingerprint density at radius 3 is 2.89 bits per heavy atom. The number of carbonyl (C=O) groups excluding carboxylic acids is 1. The molecule has 5 nitrogen and oxygen atoms in total. The molecule has 0 radical (unpaired) electrons. The molecular formula is C14H21N3O2. The van der Waals surface area contributed by atoms with Crippen molar-refractivity contribution in [3.8, 4) is 0 Å². The molecule has 0 spiro atoms. The van der Waals surface area contributed by atoms with Crippen molar-refractivity contribution in [2.75, 3.05) is 18.6 Å². The summed E-state index contributed by atoms with van der Waals surface area (Å²) >= 11 is 0. The highest BCUT2D eigenvalue weighted by Gasteiger charge is 2.29. The molecule has 5 heteroatoms. The molecular weight excluding hydrogens is 242 g/mol. The van der Waals surface area contributed by atoms with Crippen LogP contribution in [0.2, 0.25) is 0 Å². The van der Waals surface area contributed by atoms with Gasteiger partial charge in [0.05, 0.1) is 30.0 Å². The molecule has 0 aliphatic carbocycles. The minimum Gasteiger partial charge on any atom is -0.375 e. The zero-order valence-electron chi connectivity index (χ0n) is 11.6. The first-order valence-corrected chi connectivity index (χ1v) is 6.52. The summed E-state index contributed by atoms with van der Waals surface area (Å²) in [6.45, 7) is 7.12. The Kier molecular flexibility index (Phi) is 4.07. The molecule has 2 rings (SSSR count). The third-order valence-corrected chi connectivity index (χ3v) is 3.43. The van der Waals surface area contributed by atoms with Gasteiger partial charge in [0.25, 0.3) is 5.91 Å². The molecule has 1 fully saturated rings. The molecule has 1 aromatic carbocycles. The van der Waals surface area contributed by atoms with Crippen LogP contribution in [0.1, 0.15) is 29.8 Å². The summed E-state index contributed by atoms with van der Waals surface area (Å²) in [7, 11) is 0. The summed E-state index contributed by atoms with van der Waals surface area (Å²) in [5.41, 5.74) is 4.90. The Morgan fingerprint density at radius 2 is 2.21 bits per heavy atom. The van der Waals surface area contributed by atoms with Crippen LogP contribution in [-0.2, 0) is 4.74 Å². The quantitative estimate of drug-likeness (QED) is 0.627. The van der Waals surface area contributed by atoms with Crippen LogP contribution in [0, 0.1) is 6.92 Å². The van der Waals surface area contributed by atoms with Gasteiger partial charge >= 0.3 is 0 Å². The van der Waals surface area contributed by atoms with Gasteiger partial charge < -0.3 is 15.1 Å². The first kappa shape index (κ1) is 13.8. The van der Waals surface area contributed by atoms with E-state index in [4.69, 9.17) is 10.6 Å². The van der Waals surface area contributed by atoms with Gasteiger partial charge in [0.2, 0.25) is 0 Å². The molecule has 1 aliphatic heterocycles. The first-order valence-electron chi connectivity index (χ1n) is 6.52. The number of morpholine rings is 1. The average molecular weight is 263 g/mol. The third-order valence-electron chi connectivity index (χ3n) is 3.43. The van der Waals surface area contributed by atoms with Crippen LogP contribution in [0.25, 0.3) is 0 Å². The number of nitrogens with one attached hydrogen (secondary N) is 1. The molecule has 3 N–H and O–H groups in total. The predicted molar refractivity (Wildman–Crippen MR) is 74.9 cm³/mol. The molecule has 2 atom stereocenters. The Labute approximate surface area is 113 Å². The van der Waals surface area contributed by atoms with Crippen molar-refractivity contribution >= 4 is 11.6 Å². The van der Waals surface area contributed by atoms with Gasteiger partial charge in [-0.15, -0.1) is 0 Å². The van der Waals surface area contributed by atoms with E-state index in [1.54, 1.807) is 0 Å². The topological polar surface area (TPSA) is 67.6 Å². The second-order valence-electron chi connectivity index (χ2n) is 5.14. The smallest absolute Gasteiger partial charge is 0.256 e. The fraction of sp³-hybridized carbons (Fsp3) is 0.500. The summed E-state index contributed by atoms with van der Waals surface area (Å²) in [5, 5.41) is 0. The lowest BCUT2D eigenvalue weighted by atomic mass is 10.1. The molecule has 1 amide bonds. The van der Waals surface area contributed by atoms with Crippen LogP contribution in [-0.4, -0.2) is 36.1 Å².